The zero-order valence-corrected chi connectivity index (χ0v) is 25.1. The van der Waals surface area contributed by atoms with Crippen LogP contribution in [0.1, 0.15) is 47.9 Å². The third kappa shape index (κ3) is 5.57. The van der Waals surface area contributed by atoms with Crippen LogP contribution in [-0.4, -0.2) is 40.5 Å². The molecule has 2 amide bonds. The molecule has 4 aromatic carbocycles. The Morgan fingerprint density at radius 3 is 2.07 bits per heavy atom. The molecule has 0 N–H and O–H groups in total. The Morgan fingerprint density at radius 2 is 1.43 bits per heavy atom. The number of esters is 1. The average molecular weight is 644 g/mol. The summed E-state index contributed by atoms with van der Waals surface area (Å²) in [5, 5.41) is 1.30. The van der Waals surface area contributed by atoms with E-state index in [0.29, 0.717) is 54.6 Å². The molecular formula is C34H21Cl3N2O5. The molecule has 1 atom stereocenters. The lowest BCUT2D eigenvalue weighted by atomic mass is 10.0. The van der Waals surface area contributed by atoms with Crippen LogP contribution >= 0.6 is 34.8 Å². The van der Waals surface area contributed by atoms with Crippen LogP contribution in [0.15, 0.2) is 97.1 Å². The number of amides is 2. The number of nitrogens with zero attached hydrogens (tertiary/aromatic N) is 2. The Labute approximate surface area is 266 Å². The van der Waals surface area contributed by atoms with E-state index in [1.165, 1.54) is 0 Å². The van der Waals surface area contributed by atoms with E-state index >= 15 is 0 Å². The van der Waals surface area contributed by atoms with Crippen molar-refractivity contribution >= 4 is 75.0 Å². The summed E-state index contributed by atoms with van der Waals surface area (Å²) in [5.41, 5.74) is 3.10. The van der Waals surface area contributed by atoms with Gasteiger partial charge in [-0.3, -0.25) is 14.4 Å². The van der Waals surface area contributed by atoms with Crippen molar-refractivity contribution in [1.82, 2.24) is 4.98 Å². The molecule has 0 saturated heterocycles. The van der Waals surface area contributed by atoms with Crippen molar-refractivity contribution in [2.24, 2.45) is 0 Å². The fourth-order valence-electron chi connectivity index (χ4n) is 5.06. The van der Waals surface area contributed by atoms with Gasteiger partial charge in [-0.1, -0.05) is 47.5 Å². The molecule has 1 unspecified atom stereocenters. The van der Waals surface area contributed by atoms with Gasteiger partial charge >= 0.3 is 5.97 Å². The molecule has 0 spiro atoms. The fourth-order valence-corrected chi connectivity index (χ4v) is 5.55. The number of imide groups is 1. The van der Waals surface area contributed by atoms with Crippen LogP contribution in [-0.2, 0) is 4.74 Å². The van der Waals surface area contributed by atoms with Gasteiger partial charge in [-0.2, -0.15) is 0 Å². The minimum Gasteiger partial charge on any atom is -0.450 e. The number of pyridine rings is 1. The van der Waals surface area contributed by atoms with Crippen molar-refractivity contribution in [3.8, 4) is 11.3 Å². The molecule has 1 aromatic heterocycles. The van der Waals surface area contributed by atoms with Crippen molar-refractivity contribution in [2.75, 3.05) is 10.8 Å². The summed E-state index contributed by atoms with van der Waals surface area (Å²) in [4.78, 5) is 58.6. The highest BCUT2D eigenvalue weighted by molar-refractivity contribution is 6.34. The maximum Gasteiger partial charge on any atom is 0.339 e. The molecule has 0 fully saturated rings. The first kappa shape index (κ1) is 29.5. The van der Waals surface area contributed by atoms with E-state index < -0.39 is 29.7 Å². The molecule has 5 aromatic rings. The maximum atomic E-state index is 13.6. The minimum absolute atomic E-state index is 0.0882. The number of carbonyl (C=O) groups excluding carboxylic acids is 4. The normalized spacial score (nSPS) is 13.2. The largest absolute Gasteiger partial charge is 0.450 e. The SMILES string of the molecule is O=C(OC(CCCl)C(=O)c1ccc(Cl)cc1)c1cc(-c2ccc(N3C(=O)c4ccccc4C3=O)cc2)nc2ccc(Cl)cc12. The molecule has 1 aliphatic heterocycles. The summed E-state index contributed by atoms with van der Waals surface area (Å²) in [6.07, 6.45) is -1.03. The number of ether oxygens (including phenoxy) is 1. The highest BCUT2D eigenvalue weighted by Crippen LogP contribution is 2.32. The van der Waals surface area contributed by atoms with Gasteiger partial charge in [0.2, 0.25) is 5.78 Å². The molecular weight excluding hydrogens is 623 g/mol. The van der Waals surface area contributed by atoms with Crippen LogP contribution in [0.25, 0.3) is 22.2 Å². The number of ketones is 1. The molecule has 7 nitrogen and oxygen atoms in total. The van der Waals surface area contributed by atoms with E-state index in [1.807, 2.05) is 0 Å². The molecule has 0 saturated carbocycles. The lowest BCUT2D eigenvalue weighted by molar-refractivity contribution is 0.0280. The molecule has 1 aliphatic rings. The standard InChI is InChI=1S/C34H21Cl3N2O5/c35-16-15-30(31(40)20-5-9-21(36)10-6-20)44-34(43)27-18-29(38-28-14-11-22(37)17-26(27)28)19-7-12-23(13-8-19)39-32(41)24-3-1-2-4-25(24)33(39)42/h1-14,17-18,30H,15-16H2. The number of rotatable bonds is 8. The number of hydrogen-bond donors (Lipinski definition) is 0. The fraction of sp³-hybridized carbons (Fsp3) is 0.0882. The first-order valence-electron chi connectivity index (χ1n) is 13.5. The summed E-state index contributed by atoms with van der Waals surface area (Å²) in [5.74, 6) is -1.87. The molecule has 0 bridgehead atoms. The number of benzene rings is 4. The Balaban J connectivity index is 1.33. The lowest BCUT2D eigenvalue weighted by Crippen LogP contribution is -2.29. The highest BCUT2D eigenvalue weighted by atomic mass is 35.5. The second-order valence-electron chi connectivity index (χ2n) is 10.00. The Morgan fingerprint density at radius 1 is 0.795 bits per heavy atom. The van der Waals surface area contributed by atoms with Crippen molar-refractivity contribution < 1.29 is 23.9 Å². The quantitative estimate of drug-likeness (QED) is 0.0735. The molecule has 10 heteroatoms. The molecule has 6 rings (SSSR count). The topological polar surface area (TPSA) is 93.6 Å². The van der Waals surface area contributed by atoms with E-state index in [4.69, 9.17) is 44.5 Å². The van der Waals surface area contributed by atoms with Gasteiger partial charge in [0.25, 0.3) is 11.8 Å². The predicted molar refractivity (Wildman–Crippen MR) is 170 cm³/mol. The number of fused-ring (bicyclic) bond motifs is 2. The van der Waals surface area contributed by atoms with Crippen LogP contribution in [0.4, 0.5) is 5.69 Å². The zero-order chi connectivity index (χ0) is 31.0. The summed E-state index contributed by atoms with van der Waals surface area (Å²) >= 11 is 18.2. The van der Waals surface area contributed by atoms with Gasteiger partial charge < -0.3 is 4.74 Å². The number of aromatic nitrogens is 1. The predicted octanol–water partition coefficient (Wildman–Crippen LogP) is 8.05. The second kappa shape index (κ2) is 12.2. The minimum atomic E-state index is -1.13. The van der Waals surface area contributed by atoms with Crippen LogP contribution in [0, 0.1) is 0 Å². The van der Waals surface area contributed by atoms with E-state index in [1.54, 1.807) is 97.1 Å². The third-order valence-corrected chi connectivity index (χ3v) is 7.95. The summed E-state index contributed by atoms with van der Waals surface area (Å²) < 4.78 is 5.74. The van der Waals surface area contributed by atoms with Gasteiger partial charge in [-0.25, -0.2) is 14.7 Å². The Kier molecular flexibility index (Phi) is 8.19. The van der Waals surface area contributed by atoms with Gasteiger partial charge in [0.1, 0.15) is 0 Å². The zero-order valence-electron chi connectivity index (χ0n) is 22.8. The summed E-state index contributed by atoms with van der Waals surface area (Å²) in [6.45, 7) is 0. The number of alkyl halides is 1. The number of Topliss-reactive ketones (excluding diaryl/α,β-unsaturated/α-hetero) is 1. The van der Waals surface area contributed by atoms with Crippen LogP contribution in [0.2, 0.25) is 10.0 Å². The van der Waals surface area contributed by atoms with E-state index in [9.17, 15) is 19.2 Å². The molecule has 2 heterocycles. The number of carbonyl (C=O) groups is 4. The van der Waals surface area contributed by atoms with Gasteiger partial charge in [-0.05, 0) is 72.8 Å². The van der Waals surface area contributed by atoms with Crippen molar-refractivity contribution in [3.05, 3.63) is 129 Å². The van der Waals surface area contributed by atoms with Crippen LogP contribution in [0.5, 0.6) is 0 Å². The van der Waals surface area contributed by atoms with Gasteiger partial charge in [0.05, 0.1) is 33.6 Å². The molecule has 0 aliphatic carbocycles. The Hall–Kier alpha value is -4.56. The number of anilines is 1. The summed E-state index contributed by atoms with van der Waals surface area (Å²) in [7, 11) is 0. The first-order chi connectivity index (χ1) is 21.2. The molecule has 0 radical (unpaired) electrons. The second-order valence-corrected chi connectivity index (χ2v) is 11.2. The summed E-state index contributed by atoms with van der Waals surface area (Å²) in [6, 6.07) is 26.1. The van der Waals surface area contributed by atoms with E-state index in [-0.39, 0.29) is 17.9 Å². The molecule has 218 valence electrons. The van der Waals surface area contributed by atoms with Crippen LogP contribution < -0.4 is 4.90 Å². The first-order valence-corrected chi connectivity index (χ1v) is 14.8. The average Bonchev–Trinajstić information content (AvgIpc) is 3.29. The maximum absolute atomic E-state index is 13.6. The smallest absolute Gasteiger partial charge is 0.339 e. The van der Waals surface area contributed by atoms with Crippen molar-refractivity contribution in [2.45, 2.75) is 12.5 Å². The highest BCUT2D eigenvalue weighted by Gasteiger charge is 2.36. The van der Waals surface area contributed by atoms with Crippen molar-refractivity contribution in [3.63, 3.8) is 0 Å². The molecule has 44 heavy (non-hydrogen) atoms. The van der Waals surface area contributed by atoms with E-state index in [2.05, 4.69) is 0 Å². The number of hydrogen-bond acceptors (Lipinski definition) is 6. The van der Waals surface area contributed by atoms with Crippen molar-refractivity contribution in [1.29, 1.82) is 0 Å². The van der Waals surface area contributed by atoms with Gasteiger partial charge in [0, 0.05) is 38.9 Å². The van der Waals surface area contributed by atoms with Gasteiger partial charge in [-0.15, -0.1) is 11.6 Å². The monoisotopic (exact) mass is 642 g/mol. The lowest BCUT2D eigenvalue weighted by Gasteiger charge is -2.18. The van der Waals surface area contributed by atoms with E-state index in [0.717, 1.165) is 4.90 Å². The third-order valence-electron chi connectivity index (χ3n) is 7.25. The van der Waals surface area contributed by atoms with Crippen LogP contribution in [0.3, 0.4) is 0 Å². The number of halogens is 3. The Bertz CT molecular complexity index is 1920. The van der Waals surface area contributed by atoms with Gasteiger partial charge in [0.15, 0.2) is 6.10 Å².